The van der Waals surface area contributed by atoms with Gasteiger partial charge in [0.1, 0.15) is 0 Å². The topological polar surface area (TPSA) is 12.0 Å². The molecule has 0 saturated carbocycles. The maximum Gasteiger partial charge on any atom is 0.0370 e. The summed E-state index contributed by atoms with van der Waals surface area (Å²) in [6, 6.07) is 6.68. The van der Waals surface area contributed by atoms with Crippen LogP contribution in [0.3, 0.4) is 0 Å². The molecule has 0 fully saturated rings. The Morgan fingerprint density at radius 2 is 2.00 bits per heavy atom. The fourth-order valence-corrected chi connectivity index (χ4v) is 1.51. The van der Waals surface area contributed by atoms with Gasteiger partial charge in [0, 0.05) is 12.7 Å². The lowest BCUT2D eigenvalue weighted by Crippen LogP contribution is -1.96. The summed E-state index contributed by atoms with van der Waals surface area (Å²) in [4.78, 5) is 0. The normalized spacial score (nSPS) is 10.5. The van der Waals surface area contributed by atoms with E-state index in [1.165, 1.54) is 16.8 Å². The summed E-state index contributed by atoms with van der Waals surface area (Å²) in [5.41, 5.74) is 4.09. The zero-order valence-electron chi connectivity index (χ0n) is 9.02. The molecule has 0 amide bonds. The summed E-state index contributed by atoms with van der Waals surface area (Å²) in [7, 11) is 1.98. The van der Waals surface area contributed by atoms with Crippen LogP contribution in [0.2, 0.25) is 0 Å². The van der Waals surface area contributed by atoms with Crippen molar-refractivity contribution in [1.29, 1.82) is 0 Å². The molecule has 1 aromatic rings. The lowest BCUT2D eigenvalue weighted by atomic mass is 9.99. The van der Waals surface area contributed by atoms with Crippen molar-refractivity contribution < 1.29 is 0 Å². The Hall–Kier alpha value is -0.980. The lowest BCUT2D eigenvalue weighted by molar-refractivity contribution is 0.863. The van der Waals surface area contributed by atoms with Crippen LogP contribution in [0.25, 0.3) is 0 Å². The average molecular weight is 177 g/mol. The molecule has 0 aliphatic heterocycles. The molecule has 0 unspecified atom stereocenters. The zero-order chi connectivity index (χ0) is 9.84. The molecule has 0 heterocycles. The fraction of sp³-hybridized carbons (Fsp3) is 0.500. The predicted molar refractivity (Wildman–Crippen MR) is 59.5 cm³/mol. The van der Waals surface area contributed by atoms with Crippen LogP contribution in [0.4, 0.5) is 5.69 Å². The highest BCUT2D eigenvalue weighted by Crippen LogP contribution is 2.22. The van der Waals surface area contributed by atoms with E-state index < -0.39 is 0 Å². The molecule has 1 aromatic carbocycles. The molecule has 1 rings (SSSR count). The van der Waals surface area contributed by atoms with E-state index >= 15 is 0 Å². The first-order valence-corrected chi connectivity index (χ1v) is 4.99. The first-order valence-electron chi connectivity index (χ1n) is 4.99. The van der Waals surface area contributed by atoms with Crippen molar-refractivity contribution in [3.63, 3.8) is 0 Å². The highest BCUT2D eigenvalue weighted by molar-refractivity contribution is 5.52. The molecule has 0 radical (unpaired) electrons. The van der Waals surface area contributed by atoms with Gasteiger partial charge in [0.2, 0.25) is 0 Å². The summed E-state index contributed by atoms with van der Waals surface area (Å²) in [6.45, 7) is 6.65. The van der Waals surface area contributed by atoms with Crippen LogP contribution in [0.1, 0.15) is 37.8 Å². The maximum absolute atomic E-state index is 3.21. The van der Waals surface area contributed by atoms with Crippen molar-refractivity contribution in [2.75, 3.05) is 12.4 Å². The Kier molecular flexibility index (Phi) is 3.35. The average Bonchev–Trinajstić information content (AvgIpc) is 2.16. The van der Waals surface area contributed by atoms with E-state index in [0.717, 1.165) is 6.42 Å². The molecule has 0 spiro atoms. The highest BCUT2D eigenvalue weighted by atomic mass is 14.8. The van der Waals surface area contributed by atoms with Crippen molar-refractivity contribution >= 4 is 5.69 Å². The second-order valence-electron chi connectivity index (χ2n) is 3.67. The number of benzene rings is 1. The molecule has 0 aliphatic carbocycles. The molecule has 0 saturated heterocycles. The molecule has 0 bridgehead atoms. The van der Waals surface area contributed by atoms with Crippen LogP contribution >= 0.6 is 0 Å². The zero-order valence-corrected chi connectivity index (χ0v) is 9.02. The Bertz CT molecular complexity index is 276. The van der Waals surface area contributed by atoms with Crippen molar-refractivity contribution in [2.24, 2.45) is 0 Å². The number of nitrogens with one attached hydrogen (secondary N) is 1. The van der Waals surface area contributed by atoms with Gasteiger partial charge < -0.3 is 5.32 Å². The maximum atomic E-state index is 3.21. The van der Waals surface area contributed by atoms with E-state index in [-0.39, 0.29) is 0 Å². The van der Waals surface area contributed by atoms with Gasteiger partial charge in [-0.3, -0.25) is 0 Å². The van der Waals surface area contributed by atoms with Crippen LogP contribution < -0.4 is 5.32 Å². The van der Waals surface area contributed by atoms with Crippen LogP contribution in [-0.2, 0) is 6.42 Å². The van der Waals surface area contributed by atoms with E-state index in [1.807, 2.05) is 7.05 Å². The molecule has 0 atom stereocenters. The summed E-state index contributed by atoms with van der Waals surface area (Å²) in [5.74, 6) is 0.621. The summed E-state index contributed by atoms with van der Waals surface area (Å²) >= 11 is 0. The first kappa shape index (κ1) is 10.1. The van der Waals surface area contributed by atoms with Crippen molar-refractivity contribution in [3.05, 3.63) is 29.3 Å². The van der Waals surface area contributed by atoms with Gasteiger partial charge in [0.05, 0.1) is 0 Å². The van der Waals surface area contributed by atoms with Crippen molar-refractivity contribution in [1.82, 2.24) is 0 Å². The fourth-order valence-electron chi connectivity index (χ4n) is 1.51. The molecule has 0 aliphatic rings. The highest BCUT2D eigenvalue weighted by Gasteiger charge is 2.03. The monoisotopic (exact) mass is 177 g/mol. The molecular formula is C12H19N. The van der Waals surface area contributed by atoms with Crippen LogP contribution in [0.5, 0.6) is 0 Å². The van der Waals surface area contributed by atoms with E-state index in [1.54, 1.807) is 0 Å². The van der Waals surface area contributed by atoms with Gasteiger partial charge in [0.25, 0.3) is 0 Å². The SMILES string of the molecule is CCc1cc(C(C)C)ccc1NC. The summed E-state index contributed by atoms with van der Waals surface area (Å²) in [6.07, 6.45) is 1.09. The largest absolute Gasteiger partial charge is 0.388 e. The van der Waals surface area contributed by atoms with Gasteiger partial charge in [-0.05, 0) is 29.5 Å². The number of hydrogen-bond acceptors (Lipinski definition) is 1. The minimum atomic E-state index is 0.621. The molecular weight excluding hydrogens is 158 g/mol. The van der Waals surface area contributed by atoms with E-state index in [4.69, 9.17) is 0 Å². The molecule has 0 aromatic heterocycles. The summed E-state index contributed by atoms with van der Waals surface area (Å²) in [5, 5.41) is 3.21. The second kappa shape index (κ2) is 4.31. The van der Waals surface area contributed by atoms with Gasteiger partial charge in [-0.15, -0.1) is 0 Å². The van der Waals surface area contributed by atoms with Crippen LogP contribution in [0.15, 0.2) is 18.2 Å². The van der Waals surface area contributed by atoms with Crippen LogP contribution in [0, 0.1) is 0 Å². The lowest BCUT2D eigenvalue weighted by Gasteiger charge is -2.11. The third-order valence-electron chi connectivity index (χ3n) is 2.45. The number of aryl methyl sites for hydroxylation is 1. The Morgan fingerprint density at radius 3 is 2.46 bits per heavy atom. The molecule has 13 heavy (non-hydrogen) atoms. The summed E-state index contributed by atoms with van der Waals surface area (Å²) < 4.78 is 0. The van der Waals surface area contributed by atoms with E-state index in [0.29, 0.717) is 5.92 Å². The Balaban J connectivity index is 3.05. The van der Waals surface area contributed by atoms with E-state index in [9.17, 15) is 0 Å². The van der Waals surface area contributed by atoms with E-state index in [2.05, 4.69) is 44.3 Å². The first-order chi connectivity index (χ1) is 6.19. The van der Waals surface area contributed by atoms with Gasteiger partial charge >= 0.3 is 0 Å². The third-order valence-corrected chi connectivity index (χ3v) is 2.45. The molecule has 72 valence electrons. The van der Waals surface area contributed by atoms with Gasteiger partial charge in [-0.1, -0.05) is 32.9 Å². The van der Waals surface area contributed by atoms with Crippen molar-refractivity contribution in [3.8, 4) is 0 Å². The Labute approximate surface area is 81.2 Å². The minimum absolute atomic E-state index is 0.621. The number of anilines is 1. The smallest absolute Gasteiger partial charge is 0.0370 e. The third kappa shape index (κ3) is 2.24. The van der Waals surface area contributed by atoms with Crippen LogP contribution in [-0.4, -0.2) is 7.05 Å². The number of hydrogen-bond donors (Lipinski definition) is 1. The molecule has 1 heteroatoms. The molecule has 1 nitrogen and oxygen atoms in total. The second-order valence-corrected chi connectivity index (χ2v) is 3.67. The minimum Gasteiger partial charge on any atom is -0.388 e. The Morgan fingerprint density at radius 1 is 1.31 bits per heavy atom. The standard InChI is InChI=1S/C12H19N/c1-5-10-8-11(9(2)3)6-7-12(10)13-4/h6-9,13H,5H2,1-4H3. The van der Waals surface area contributed by atoms with Gasteiger partial charge in [-0.2, -0.15) is 0 Å². The number of rotatable bonds is 3. The van der Waals surface area contributed by atoms with Crippen molar-refractivity contribution in [2.45, 2.75) is 33.1 Å². The predicted octanol–water partition coefficient (Wildman–Crippen LogP) is 3.41. The quantitative estimate of drug-likeness (QED) is 0.746. The molecule has 1 N–H and O–H groups in total. The van der Waals surface area contributed by atoms with Gasteiger partial charge in [0.15, 0.2) is 0 Å². The van der Waals surface area contributed by atoms with Gasteiger partial charge in [-0.25, -0.2) is 0 Å².